The summed E-state index contributed by atoms with van der Waals surface area (Å²) >= 11 is 0. The van der Waals surface area contributed by atoms with Crippen molar-refractivity contribution in [3.8, 4) is 0 Å². The summed E-state index contributed by atoms with van der Waals surface area (Å²) in [7, 11) is 0. The van der Waals surface area contributed by atoms with E-state index in [9.17, 15) is 4.79 Å². The molecule has 0 aliphatic rings. The minimum Gasteiger partial charge on any atom is -0.481 e. The largest absolute Gasteiger partial charge is 0.481 e. The summed E-state index contributed by atoms with van der Waals surface area (Å²) in [6, 6.07) is 0. The lowest BCUT2D eigenvalue weighted by molar-refractivity contribution is -0.141. The normalized spacial score (nSPS) is 15.3. The van der Waals surface area contributed by atoms with Crippen LogP contribution >= 0.6 is 0 Å². The van der Waals surface area contributed by atoms with Crippen molar-refractivity contribution >= 4 is 5.97 Å². The van der Waals surface area contributed by atoms with E-state index < -0.39 is 11.9 Å². The number of carboxylic acids is 1. The number of carbonyl (C=O) groups is 1. The van der Waals surface area contributed by atoms with Crippen LogP contribution in [0.5, 0.6) is 0 Å². The first-order valence-corrected chi connectivity index (χ1v) is 4.99. The average molecular weight is 212 g/mol. The minimum absolute atomic E-state index is 0.190. The number of aromatic nitrogens is 2. The number of hydrogen-bond donors (Lipinski definition) is 1. The Morgan fingerprint density at radius 1 is 1.33 bits per heavy atom. The standard InChI is InChI=1S/C10H16N2O3/c1-5(2)8-11-9(15-12-8)6(3)7(4)10(13)14/h5-7H,1-4H3,(H,13,14). The van der Waals surface area contributed by atoms with Crippen LogP contribution in [0.15, 0.2) is 4.52 Å². The van der Waals surface area contributed by atoms with Crippen LogP contribution in [0.4, 0.5) is 0 Å². The third kappa shape index (κ3) is 2.55. The van der Waals surface area contributed by atoms with E-state index >= 15 is 0 Å². The second kappa shape index (κ2) is 4.42. The van der Waals surface area contributed by atoms with Crippen molar-refractivity contribution in [1.29, 1.82) is 0 Å². The molecule has 15 heavy (non-hydrogen) atoms. The summed E-state index contributed by atoms with van der Waals surface area (Å²) in [6.07, 6.45) is 0. The fraction of sp³-hybridized carbons (Fsp3) is 0.700. The second-order valence-corrected chi connectivity index (χ2v) is 4.06. The molecule has 1 aromatic rings. The van der Waals surface area contributed by atoms with Gasteiger partial charge in [-0.15, -0.1) is 0 Å². The molecule has 1 rings (SSSR count). The van der Waals surface area contributed by atoms with Gasteiger partial charge in [-0.3, -0.25) is 4.79 Å². The van der Waals surface area contributed by atoms with Crippen molar-refractivity contribution in [2.24, 2.45) is 5.92 Å². The van der Waals surface area contributed by atoms with Gasteiger partial charge in [0, 0.05) is 11.8 Å². The summed E-state index contributed by atoms with van der Waals surface area (Å²) in [5.41, 5.74) is 0. The molecule has 1 N–H and O–H groups in total. The van der Waals surface area contributed by atoms with Gasteiger partial charge in [-0.2, -0.15) is 4.98 Å². The first-order valence-electron chi connectivity index (χ1n) is 4.99. The minimum atomic E-state index is -0.855. The first kappa shape index (κ1) is 11.7. The Morgan fingerprint density at radius 2 is 1.93 bits per heavy atom. The van der Waals surface area contributed by atoms with E-state index in [4.69, 9.17) is 9.63 Å². The fourth-order valence-corrected chi connectivity index (χ4v) is 1.09. The second-order valence-electron chi connectivity index (χ2n) is 4.06. The van der Waals surface area contributed by atoms with Crippen LogP contribution < -0.4 is 0 Å². The monoisotopic (exact) mass is 212 g/mol. The smallest absolute Gasteiger partial charge is 0.307 e. The Labute approximate surface area is 88.5 Å². The summed E-state index contributed by atoms with van der Waals surface area (Å²) in [5, 5.41) is 12.6. The molecule has 0 saturated carbocycles. The highest BCUT2D eigenvalue weighted by Crippen LogP contribution is 2.23. The van der Waals surface area contributed by atoms with Crippen LogP contribution in [0.25, 0.3) is 0 Å². The predicted octanol–water partition coefficient (Wildman–Crippen LogP) is 2.02. The van der Waals surface area contributed by atoms with E-state index in [1.165, 1.54) is 0 Å². The Hall–Kier alpha value is -1.39. The maximum absolute atomic E-state index is 10.8. The van der Waals surface area contributed by atoms with Crippen LogP contribution in [0.2, 0.25) is 0 Å². The van der Waals surface area contributed by atoms with Crippen molar-refractivity contribution in [2.45, 2.75) is 39.5 Å². The van der Waals surface area contributed by atoms with Gasteiger partial charge < -0.3 is 9.63 Å². The van der Waals surface area contributed by atoms with Crippen LogP contribution in [0.1, 0.15) is 51.2 Å². The topological polar surface area (TPSA) is 76.2 Å². The van der Waals surface area contributed by atoms with Crippen molar-refractivity contribution in [1.82, 2.24) is 10.1 Å². The molecular weight excluding hydrogens is 196 g/mol. The van der Waals surface area contributed by atoms with Crippen LogP contribution in [0, 0.1) is 5.92 Å². The molecule has 0 bridgehead atoms. The fourth-order valence-electron chi connectivity index (χ4n) is 1.09. The third-order valence-electron chi connectivity index (χ3n) is 2.50. The summed E-state index contributed by atoms with van der Waals surface area (Å²) in [6.45, 7) is 7.32. The van der Waals surface area contributed by atoms with Gasteiger partial charge in [0.2, 0.25) is 5.89 Å². The Kier molecular flexibility index (Phi) is 3.44. The van der Waals surface area contributed by atoms with Crippen LogP contribution in [0.3, 0.4) is 0 Å². The zero-order valence-corrected chi connectivity index (χ0v) is 9.39. The van der Waals surface area contributed by atoms with Gasteiger partial charge in [0.05, 0.1) is 5.92 Å². The molecule has 2 unspecified atom stereocenters. The predicted molar refractivity (Wildman–Crippen MR) is 53.6 cm³/mol. The molecule has 2 atom stereocenters. The number of carboxylic acid groups (broad SMARTS) is 1. The highest BCUT2D eigenvalue weighted by atomic mass is 16.5. The van der Waals surface area contributed by atoms with E-state index in [1.54, 1.807) is 13.8 Å². The maximum Gasteiger partial charge on any atom is 0.307 e. The van der Waals surface area contributed by atoms with Crippen molar-refractivity contribution < 1.29 is 14.4 Å². The molecule has 0 fully saturated rings. The van der Waals surface area contributed by atoms with Gasteiger partial charge >= 0.3 is 5.97 Å². The van der Waals surface area contributed by atoms with E-state index in [0.717, 1.165) is 0 Å². The molecule has 0 aromatic carbocycles. The quantitative estimate of drug-likeness (QED) is 0.826. The Bertz CT molecular complexity index is 346. The third-order valence-corrected chi connectivity index (χ3v) is 2.50. The van der Waals surface area contributed by atoms with Gasteiger partial charge in [-0.05, 0) is 0 Å². The molecule has 0 spiro atoms. The lowest BCUT2D eigenvalue weighted by Gasteiger charge is -2.10. The number of nitrogens with zero attached hydrogens (tertiary/aromatic N) is 2. The molecule has 0 aliphatic carbocycles. The molecule has 1 heterocycles. The molecule has 0 aliphatic heterocycles. The molecular formula is C10H16N2O3. The number of aliphatic carboxylic acids is 1. The summed E-state index contributed by atoms with van der Waals surface area (Å²) in [4.78, 5) is 14.9. The lowest BCUT2D eigenvalue weighted by Crippen LogP contribution is -2.16. The maximum atomic E-state index is 10.8. The number of hydrogen-bond acceptors (Lipinski definition) is 4. The summed E-state index contributed by atoms with van der Waals surface area (Å²) < 4.78 is 5.03. The first-order chi connectivity index (χ1) is 6.93. The highest BCUT2D eigenvalue weighted by molar-refractivity contribution is 5.70. The molecule has 5 nitrogen and oxygen atoms in total. The van der Waals surface area contributed by atoms with Gasteiger partial charge in [0.15, 0.2) is 5.82 Å². The van der Waals surface area contributed by atoms with Gasteiger partial charge in [-0.1, -0.05) is 32.9 Å². The molecule has 1 aromatic heterocycles. The molecule has 0 saturated heterocycles. The Balaban J connectivity index is 2.82. The van der Waals surface area contributed by atoms with Gasteiger partial charge in [-0.25, -0.2) is 0 Å². The van der Waals surface area contributed by atoms with E-state index in [1.807, 2.05) is 13.8 Å². The van der Waals surface area contributed by atoms with Crippen molar-refractivity contribution in [2.75, 3.05) is 0 Å². The molecule has 0 amide bonds. The van der Waals surface area contributed by atoms with Gasteiger partial charge in [0.25, 0.3) is 0 Å². The lowest BCUT2D eigenvalue weighted by atomic mass is 9.96. The Morgan fingerprint density at radius 3 is 2.33 bits per heavy atom. The summed E-state index contributed by atoms with van der Waals surface area (Å²) in [5.74, 6) is -0.433. The van der Waals surface area contributed by atoms with E-state index in [-0.39, 0.29) is 11.8 Å². The van der Waals surface area contributed by atoms with Crippen LogP contribution in [-0.4, -0.2) is 21.2 Å². The van der Waals surface area contributed by atoms with Gasteiger partial charge in [0.1, 0.15) is 0 Å². The van der Waals surface area contributed by atoms with Crippen molar-refractivity contribution in [3.63, 3.8) is 0 Å². The molecule has 0 radical (unpaired) electrons. The molecule has 84 valence electrons. The van der Waals surface area contributed by atoms with E-state index in [0.29, 0.717) is 11.7 Å². The number of rotatable bonds is 4. The van der Waals surface area contributed by atoms with Crippen LogP contribution in [-0.2, 0) is 4.79 Å². The van der Waals surface area contributed by atoms with E-state index in [2.05, 4.69) is 10.1 Å². The van der Waals surface area contributed by atoms with Crippen molar-refractivity contribution in [3.05, 3.63) is 11.7 Å². The SMILES string of the molecule is CC(C)c1noc(C(C)C(C)C(=O)O)n1. The zero-order chi connectivity index (χ0) is 11.6. The molecule has 5 heteroatoms. The highest BCUT2D eigenvalue weighted by Gasteiger charge is 2.26. The average Bonchev–Trinajstić information content (AvgIpc) is 2.64. The zero-order valence-electron chi connectivity index (χ0n) is 9.39.